The van der Waals surface area contributed by atoms with Gasteiger partial charge in [0, 0.05) is 6.04 Å². The van der Waals surface area contributed by atoms with Crippen molar-refractivity contribution in [3.63, 3.8) is 0 Å². The van der Waals surface area contributed by atoms with Gasteiger partial charge in [0.05, 0.1) is 6.61 Å². The molecule has 1 saturated heterocycles. The summed E-state index contributed by atoms with van der Waals surface area (Å²) in [5.41, 5.74) is 5.68. The van der Waals surface area contributed by atoms with Crippen molar-refractivity contribution in [3.8, 4) is 0 Å². The van der Waals surface area contributed by atoms with Gasteiger partial charge in [-0.05, 0) is 51.2 Å². The number of nitrogens with zero attached hydrogens (tertiary/aromatic N) is 1. The lowest BCUT2D eigenvalue weighted by Gasteiger charge is -2.21. The van der Waals surface area contributed by atoms with E-state index in [0.717, 1.165) is 18.9 Å². The van der Waals surface area contributed by atoms with Crippen LogP contribution in [0.1, 0.15) is 32.6 Å². The summed E-state index contributed by atoms with van der Waals surface area (Å²) in [6, 6.07) is -0.0318. The third-order valence-electron chi connectivity index (χ3n) is 3.16. The van der Waals surface area contributed by atoms with Crippen molar-refractivity contribution in [1.29, 1.82) is 0 Å². The summed E-state index contributed by atoms with van der Waals surface area (Å²) in [6.45, 7) is 5.92. The van der Waals surface area contributed by atoms with Crippen LogP contribution in [0.15, 0.2) is 0 Å². The van der Waals surface area contributed by atoms with Gasteiger partial charge in [-0.1, -0.05) is 6.92 Å². The predicted molar refractivity (Wildman–Crippen MR) is 59.1 cm³/mol. The van der Waals surface area contributed by atoms with Crippen molar-refractivity contribution in [1.82, 2.24) is 4.90 Å². The third-order valence-corrected chi connectivity index (χ3v) is 3.16. The Morgan fingerprint density at radius 2 is 2.21 bits per heavy atom. The molecule has 0 aromatic heterocycles. The lowest BCUT2D eigenvalue weighted by molar-refractivity contribution is 0.226. The molecule has 3 N–H and O–H groups in total. The molecule has 1 aliphatic rings. The molecule has 0 bridgehead atoms. The van der Waals surface area contributed by atoms with E-state index in [1.165, 1.54) is 32.4 Å². The highest BCUT2D eigenvalue weighted by Crippen LogP contribution is 2.16. The normalized spacial score (nSPS) is 27.2. The Morgan fingerprint density at radius 3 is 2.93 bits per heavy atom. The zero-order chi connectivity index (χ0) is 10.4. The van der Waals surface area contributed by atoms with Crippen molar-refractivity contribution >= 4 is 0 Å². The van der Waals surface area contributed by atoms with Gasteiger partial charge in [-0.2, -0.15) is 0 Å². The Labute approximate surface area is 87.3 Å². The molecule has 3 nitrogen and oxygen atoms in total. The van der Waals surface area contributed by atoms with E-state index in [9.17, 15) is 0 Å². The lowest BCUT2D eigenvalue weighted by atomic mass is 10.0. The molecule has 14 heavy (non-hydrogen) atoms. The van der Waals surface area contributed by atoms with Crippen molar-refractivity contribution in [2.24, 2.45) is 11.7 Å². The Morgan fingerprint density at radius 1 is 1.43 bits per heavy atom. The topological polar surface area (TPSA) is 49.5 Å². The molecule has 0 spiro atoms. The number of hydrogen-bond donors (Lipinski definition) is 2. The van der Waals surface area contributed by atoms with Gasteiger partial charge < -0.3 is 15.7 Å². The first kappa shape index (κ1) is 12.0. The molecule has 0 aromatic rings. The number of nitrogens with two attached hydrogens (primary N) is 1. The molecule has 0 aromatic carbocycles. The van der Waals surface area contributed by atoms with E-state index in [2.05, 4.69) is 11.8 Å². The zero-order valence-corrected chi connectivity index (χ0v) is 9.28. The Hall–Kier alpha value is -0.120. The van der Waals surface area contributed by atoms with Crippen LogP contribution in [-0.4, -0.2) is 42.3 Å². The molecule has 1 aliphatic heterocycles. The van der Waals surface area contributed by atoms with Crippen molar-refractivity contribution in [2.45, 2.75) is 38.6 Å². The van der Waals surface area contributed by atoms with Crippen LogP contribution in [-0.2, 0) is 0 Å². The van der Waals surface area contributed by atoms with E-state index in [1.54, 1.807) is 0 Å². The van der Waals surface area contributed by atoms with Crippen LogP contribution in [0.3, 0.4) is 0 Å². The van der Waals surface area contributed by atoms with Crippen LogP contribution >= 0.6 is 0 Å². The minimum Gasteiger partial charge on any atom is -0.395 e. The fourth-order valence-electron chi connectivity index (χ4n) is 1.99. The molecular weight excluding hydrogens is 176 g/mol. The van der Waals surface area contributed by atoms with Crippen LogP contribution in [0.2, 0.25) is 0 Å². The second-order valence-electron chi connectivity index (χ2n) is 4.61. The maximum Gasteiger partial charge on any atom is 0.0583 e. The van der Waals surface area contributed by atoms with Crippen LogP contribution in [0, 0.1) is 5.92 Å². The smallest absolute Gasteiger partial charge is 0.0583 e. The molecule has 2 unspecified atom stereocenters. The average molecular weight is 200 g/mol. The Bertz CT molecular complexity index is 152. The Balaban J connectivity index is 2.17. The molecule has 0 saturated carbocycles. The predicted octanol–water partition coefficient (Wildman–Crippen LogP) is 0.818. The minimum absolute atomic E-state index is 0.0318. The van der Waals surface area contributed by atoms with Gasteiger partial charge in [0.15, 0.2) is 0 Å². The quantitative estimate of drug-likeness (QED) is 0.706. The third kappa shape index (κ3) is 4.40. The minimum atomic E-state index is -0.0318. The van der Waals surface area contributed by atoms with Crippen molar-refractivity contribution < 1.29 is 5.11 Å². The maximum atomic E-state index is 8.82. The lowest BCUT2D eigenvalue weighted by Crippen LogP contribution is -2.33. The van der Waals surface area contributed by atoms with Gasteiger partial charge in [-0.3, -0.25) is 0 Å². The molecular formula is C11H24N2O. The molecule has 0 aliphatic carbocycles. The SMILES string of the molecule is CC1CCCN(CCC(N)CO)CC1. The molecule has 1 fully saturated rings. The second kappa shape index (κ2) is 6.38. The first-order valence-corrected chi connectivity index (χ1v) is 5.81. The summed E-state index contributed by atoms with van der Waals surface area (Å²) in [7, 11) is 0. The van der Waals surface area contributed by atoms with Crippen LogP contribution < -0.4 is 5.73 Å². The van der Waals surface area contributed by atoms with Crippen LogP contribution in [0.5, 0.6) is 0 Å². The molecule has 3 heteroatoms. The molecule has 0 amide bonds. The highest BCUT2D eigenvalue weighted by Gasteiger charge is 2.13. The number of aliphatic hydroxyl groups excluding tert-OH is 1. The number of likely N-dealkylation sites (tertiary alicyclic amines) is 1. The monoisotopic (exact) mass is 200 g/mol. The van der Waals surface area contributed by atoms with E-state index in [-0.39, 0.29) is 12.6 Å². The van der Waals surface area contributed by atoms with Gasteiger partial charge in [0.1, 0.15) is 0 Å². The van der Waals surface area contributed by atoms with E-state index in [1.807, 2.05) is 0 Å². The number of aliphatic hydroxyl groups is 1. The summed E-state index contributed by atoms with van der Waals surface area (Å²) in [5, 5.41) is 8.82. The number of hydrogen-bond acceptors (Lipinski definition) is 3. The molecule has 0 radical (unpaired) electrons. The summed E-state index contributed by atoms with van der Waals surface area (Å²) >= 11 is 0. The average Bonchev–Trinajstić information content (AvgIpc) is 2.39. The largest absolute Gasteiger partial charge is 0.395 e. The first-order chi connectivity index (χ1) is 6.72. The highest BCUT2D eigenvalue weighted by molar-refractivity contribution is 4.69. The molecule has 84 valence electrons. The molecule has 1 heterocycles. The molecule has 1 rings (SSSR count). The fraction of sp³-hybridized carbons (Fsp3) is 1.00. The van der Waals surface area contributed by atoms with E-state index < -0.39 is 0 Å². The van der Waals surface area contributed by atoms with E-state index in [4.69, 9.17) is 10.8 Å². The summed E-state index contributed by atoms with van der Waals surface area (Å²) in [5.74, 6) is 0.881. The van der Waals surface area contributed by atoms with Gasteiger partial charge >= 0.3 is 0 Å². The highest BCUT2D eigenvalue weighted by atomic mass is 16.3. The van der Waals surface area contributed by atoms with Crippen molar-refractivity contribution in [2.75, 3.05) is 26.2 Å². The Kier molecular flexibility index (Phi) is 5.45. The van der Waals surface area contributed by atoms with Gasteiger partial charge in [0.2, 0.25) is 0 Å². The summed E-state index contributed by atoms with van der Waals surface area (Å²) in [4.78, 5) is 2.49. The first-order valence-electron chi connectivity index (χ1n) is 5.81. The maximum absolute atomic E-state index is 8.82. The standard InChI is InChI=1S/C11H24N2O/c1-10-3-2-6-13(7-4-10)8-5-11(12)9-14/h10-11,14H,2-9,12H2,1H3. The van der Waals surface area contributed by atoms with Gasteiger partial charge in [-0.25, -0.2) is 0 Å². The second-order valence-corrected chi connectivity index (χ2v) is 4.61. The van der Waals surface area contributed by atoms with Gasteiger partial charge in [-0.15, -0.1) is 0 Å². The van der Waals surface area contributed by atoms with Gasteiger partial charge in [0.25, 0.3) is 0 Å². The van der Waals surface area contributed by atoms with Crippen LogP contribution in [0.25, 0.3) is 0 Å². The summed E-state index contributed by atoms with van der Waals surface area (Å²) in [6.07, 6.45) is 4.91. The zero-order valence-electron chi connectivity index (χ0n) is 9.28. The fourth-order valence-corrected chi connectivity index (χ4v) is 1.99. The summed E-state index contributed by atoms with van der Waals surface area (Å²) < 4.78 is 0. The van der Waals surface area contributed by atoms with E-state index >= 15 is 0 Å². The van der Waals surface area contributed by atoms with Crippen LogP contribution in [0.4, 0.5) is 0 Å². The molecule has 2 atom stereocenters. The number of rotatable bonds is 4. The van der Waals surface area contributed by atoms with E-state index in [0.29, 0.717) is 0 Å². The van der Waals surface area contributed by atoms with Crippen molar-refractivity contribution in [3.05, 3.63) is 0 Å².